The van der Waals surface area contributed by atoms with Gasteiger partial charge in [0, 0.05) is 13.0 Å². The van der Waals surface area contributed by atoms with Gasteiger partial charge in [0.2, 0.25) is 5.91 Å². The van der Waals surface area contributed by atoms with E-state index < -0.39 is 5.97 Å². The van der Waals surface area contributed by atoms with Crippen molar-refractivity contribution in [2.45, 2.75) is 26.2 Å². The summed E-state index contributed by atoms with van der Waals surface area (Å²) in [4.78, 5) is 32.2. The minimum absolute atomic E-state index is 0.0397. The number of hydrogen-bond donors (Lipinski definition) is 2. The number of aliphatic carboxylic acids is 1. The minimum atomic E-state index is -1.00. The molecule has 0 bridgehead atoms. The molecule has 0 aromatic heterocycles. The van der Waals surface area contributed by atoms with E-state index in [4.69, 9.17) is 5.11 Å². The Hall–Kier alpha value is -1.59. The van der Waals surface area contributed by atoms with Crippen molar-refractivity contribution in [2.24, 2.45) is 5.92 Å². The first-order chi connectivity index (χ1) is 7.47. The van der Waals surface area contributed by atoms with E-state index in [0.717, 1.165) is 0 Å². The number of carboxylic acid groups (broad SMARTS) is 1. The zero-order valence-corrected chi connectivity index (χ0v) is 9.49. The quantitative estimate of drug-likeness (QED) is 0.609. The number of ether oxygens (including phenoxy) is 1. The molecule has 6 nitrogen and oxygen atoms in total. The number of methoxy groups -OCH3 is 1. The molecule has 0 rings (SSSR count). The molecule has 16 heavy (non-hydrogen) atoms. The van der Waals surface area contributed by atoms with Crippen LogP contribution in [0.2, 0.25) is 0 Å². The van der Waals surface area contributed by atoms with Gasteiger partial charge in [0.25, 0.3) is 0 Å². The molecule has 0 fully saturated rings. The molecule has 92 valence electrons. The lowest BCUT2D eigenvalue weighted by molar-refractivity contribution is -0.145. The highest BCUT2D eigenvalue weighted by Crippen LogP contribution is 2.02. The first-order valence-electron chi connectivity index (χ1n) is 5.03. The summed E-state index contributed by atoms with van der Waals surface area (Å²) >= 11 is 0. The van der Waals surface area contributed by atoms with Crippen LogP contribution in [0, 0.1) is 5.92 Å². The van der Waals surface area contributed by atoms with Crippen LogP contribution in [-0.4, -0.2) is 36.6 Å². The Morgan fingerprint density at radius 2 is 1.94 bits per heavy atom. The van der Waals surface area contributed by atoms with Crippen molar-refractivity contribution in [1.82, 2.24) is 5.32 Å². The van der Waals surface area contributed by atoms with Gasteiger partial charge in [0.05, 0.1) is 19.4 Å². The Morgan fingerprint density at radius 1 is 1.31 bits per heavy atom. The number of carbonyl (C=O) groups is 3. The Morgan fingerprint density at radius 3 is 2.44 bits per heavy atom. The van der Waals surface area contributed by atoms with Crippen LogP contribution in [0.3, 0.4) is 0 Å². The van der Waals surface area contributed by atoms with E-state index >= 15 is 0 Å². The molecule has 0 radical (unpaired) electrons. The summed E-state index contributed by atoms with van der Waals surface area (Å²) in [6.45, 7) is 2.05. The van der Waals surface area contributed by atoms with Crippen LogP contribution in [0.5, 0.6) is 0 Å². The zero-order valence-electron chi connectivity index (χ0n) is 9.49. The van der Waals surface area contributed by atoms with E-state index in [2.05, 4.69) is 10.1 Å². The number of rotatable bonds is 7. The summed E-state index contributed by atoms with van der Waals surface area (Å²) in [6, 6.07) is 0. The van der Waals surface area contributed by atoms with Gasteiger partial charge in [-0.1, -0.05) is 6.92 Å². The van der Waals surface area contributed by atoms with E-state index in [1.165, 1.54) is 7.11 Å². The standard InChI is InChI=1S/C10H17NO5/c1-7(10(15)16-2)5-6-11-8(12)3-4-9(13)14/h7H,3-6H2,1-2H3,(H,11,12)(H,13,14). The maximum atomic E-state index is 11.1. The van der Waals surface area contributed by atoms with Gasteiger partial charge in [-0.2, -0.15) is 0 Å². The molecule has 1 atom stereocenters. The number of amides is 1. The van der Waals surface area contributed by atoms with Gasteiger partial charge in [-0.05, 0) is 6.42 Å². The number of carboxylic acids is 1. The van der Waals surface area contributed by atoms with Crippen LogP contribution >= 0.6 is 0 Å². The predicted octanol–water partition coefficient (Wildman–Crippen LogP) is 0.167. The van der Waals surface area contributed by atoms with Gasteiger partial charge in [-0.15, -0.1) is 0 Å². The smallest absolute Gasteiger partial charge is 0.308 e. The van der Waals surface area contributed by atoms with Crippen LogP contribution in [0.15, 0.2) is 0 Å². The molecule has 0 aromatic carbocycles. The first-order valence-corrected chi connectivity index (χ1v) is 5.03. The summed E-state index contributed by atoms with van der Waals surface area (Å²) in [6.07, 6.45) is 0.256. The summed E-state index contributed by atoms with van der Waals surface area (Å²) < 4.78 is 4.52. The second-order valence-electron chi connectivity index (χ2n) is 3.46. The number of nitrogens with one attached hydrogen (secondary N) is 1. The lowest BCUT2D eigenvalue weighted by Crippen LogP contribution is -2.27. The normalized spacial score (nSPS) is 11.6. The largest absolute Gasteiger partial charge is 0.481 e. The molecule has 2 N–H and O–H groups in total. The fraction of sp³-hybridized carbons (Fsp3) is 0.700. The Kier molecular flexibility index (Phi) is 6.91. The van der Waals surface area contributed by atoms with Gasteiger partial charge < -0.3 is 15.2 Å². The van der Waals surface area contributed by atoms with Gasteiger partial charge in [0.15, 0.2) is 0 Å². The molecular weight excluding hydrogens is 214 g/mol. The maximum absolute atomic E-state index is 11.1. The van der Waals surface area contributed by atoms with Crippen LogP contribution in [0.1, 0.15) is 26.2 Å². The lowest BCUT2D eigenvalue weighted by Gasteiger charge is -2.09. The average molecular weight is 231 g/mol. The Bertz CT molecular complexity index is 264. The highest BCUT2D eigenvalue weighted by atomic mass is 16.5. The number of hydrogen-bond acceptors (Lipinski definition) is 4. The van der Waals surface area contributed by atoms with Crippen molar-refractivity contribution in [3.05, 3.63) is 0 Å². The molecule has 0 saturated heterocycles. The molecule has 0 spiro atoms. The Balaban J connectivity index is 3.61. The van der Waals surface area contributed by atoms with Crippen molar-refractivity contribution >= 4 is 17.8 Å². The minimum Gasteiger partial charge on any atom is -0.481 e. The van der Waals surface area contributed by atoms with Crippen molar-refractivity contribution in [3.63, 3.8) is 0 Å². The molecule has 0 saturated carbocycles. The topological polar surface area (TPSA) is 92.7 Å². The third-order valence-electron chi connectivity index (χ3n) is 2.07. The van der Waals surface area contributed by atoms with Gasteiger partial charge in [-0.3, -0.25) is 14.4 Å². The predicted molar refractivity (Wildman–Crippen MR) is 55.7 cm³/mol. The molecular formula is C10H17NO5. The van der Waals surface area contributed by atoms with Crippen LogP contribution in [0.25, 0.3) is 0 Å². The molecule has 6 heteroatoms. The fourth-order valence-corrected chi connectivity index (χ4v) is 1.06. The second-order valence-corrected chi connectivity index (χ2v) is 3.46. The SMILES string of the molecule is COC(=O)C(C)CCNC(=O)CCC(=O)O. The maximum Gasteiger partial charge on any atom is 0.308 e. The van der Waals surface area contributed by atoms with Gasteiger partial charge >= 0.3 is 11.9 Å². The summed E-state index contributed by atoms with van der Waals surface area (Å²) in [5, 5.41) is 10.9. The van der Waals surface area contributed by atoms with Crippen molar-refractivity contribution in [1.29, 1.82) is 0 Å². The Labute approximate surface area is 94.0 Å². The summed E-state index contributed by atoms with van der Waals surface area (Å²) in [5.74, 6) is -1.91. The molecule has 0 aliphatic heterocycles. The number of carbonyl (C=O) groups excluding carboxylic acids is 2. The number of esters is 1. The third-order valence-corrected chi connectivity index (χ3v) is 2.07. The van der Waals surface area contributed by atoms with Crippen molar-refractivity contribution in [3.8, 4) is 0 Å². The zero-order chi connectivity index (χ0) is 12.6. The summed E-state index contributed by atoms with van der Waals surface area (Å²) in [5.41, 5.74) is 0. The van der Waals surface area contributed by atoms with E-state index in [-0.39, 0.29) is 30.6 Å². The molecule has 1 unspecified atom stereocenters. The molecule has 0 aliphatic rings. The molecule has 1 amide bonds. The first kappa shape index (κ1) is 14.4. The second kappa shape index (κ2) is 7.67. The highest BCUT2D eigenvalue weighted by Gasteiger charge is 2.13. The van der Waals surface area contributed by atoms with Crippen LogP contribution in [-0.2, 0) is 19.1 Å². The summed E-state index contributed by atoms with van der Waals surface area (Å²) in [7, 11) is 1.31. The fourth-order valence-electron chi connectivity index (χ4n) is 1.06. The molecule has 0 aliphatic carbocycles. The van der Waals surface area contributed by atoms with E-state index in [1.54, 1.807) is 6.92 Å². The van der Waals surface area contributed by atoms with Gasteiger partial charge in [-0.25, -0.2) is 0 Å². The average Bonchev–Trinajstić information content (AvgIpc) is 2.24. The van der Waals surface area contributed by atoms with E-state index in [0.29, 0.717) is 13.0 Å². The molecule has 0 heterocycles. The van der Waals surface area contributed by atoms with Gasteiger partial charge in [0.1, 0.15) is 0 Å². The molecule has 0 aromatic rings. The third kappa shape index (κ3) is 6.80. The monoisotopic (exact) mass is 231 g/mol. The van der Waals surface area contributed by atoms with E-state index in [9.17, 15) is 14.4 Å². The van der Waals surface area contributed by atoms with Crippen LogP contribution in [0.4, 0.5) is 0 Å². The highest BCUT2D eigenvalue weighted by molar-refractivity contribution is 5.80. The van der Waals surface area contributed by atoms with Crippen LogP contribution < -0.4 is 5.32 Å². The van der Waals surface area contributed by atoms with Crippen molar-refractivity contribution < 1.29 is 24.2 Å². The lowest BCUT2D eigenvalue weighted by atomic mass is 10.1. The van der Waals surface area contributed by atoms with E-state index in [1.807, 2.05) is 0 Å². The van der Waals surface area contributed by atoms with Crippen molar-refractivity contribution in [2.75, 3.05) is 13.7 Å².